The molecule has 0 aliphatic carbocycles. The van der Waals surface area contributed by atoms with Crippen molar-refractivity contribution in [2.24, 2.45) is 0 Å². The molecule has 0 amide bonds. The Morgan fingerprint density at radius 3 is 2.10 bits per heavy atom. The zero-order valence-corrected chi connectivity index (χ0v) is 17.9. The second kappa shape index (κ2) is 10.2. The van der Waals surface area contributed by atoms with Crippen LogP contribution in [-0.4, -0.2) is 54.2 Å². The average molecular weight is 334 g/mol. The highest BCUT2D eigenvalue weighted by Gasteiger charge is 2.31. The molecule has 0 aromatic rings. The average Bonchev–Trinajstić information content (AvgIpc) is 2.39. The van der Waals surface area contributed by atoms with Crippen LogP contribution in [-0.2, 0) is 8.85 Å². The molecule has 3 nitrogen and oxygen atoms in total. The maximum atomic E-state index is 6.15. The maximum absolute atomic E-state index is 6.15. The van der Waals surface area contributed by atoms with E-state index in [9.17, 15) is 0 Å². The molecular weight excluding hydrogens is 294 g/mol. The molecule has 0 fully saturated rings. The molecule has 128 valence electrons. The fraction of sp³-hybridized carbons (Fsp3) is 1.00. The summed E-state index contributed by atoms with van der Waals surface area (Å²) in [5, 5.41) is 0. The third-order valence-electron chi connectivity index (χ3n) is 3.94. The lowest BCUT2D eigenvalue weighted by atomic mass is 10.1. The summed E-state index contributed by atoms with van der Waals surface area (Å²) in [5.74, 6) is 0. The molecule has 5 heteroatoms. The van der Waals surface area contributed by atoms with Crippen LogP contribution in [0, 0.1) is 0 Å². The second-order valence-corrected chi connectivity index (χ2v) is 14.2. The Morgan fingerprint density at radius 1 is 1.10 bits per heavy atom. The molecular formula is C16H39NO2Si2. The molecule has 0 saturated carbocycles. The van der Waals surface area contributed by atoms with Crippen LogP contribution in [0.2, 0.25) is 25.7 Å². The highest BCUT2D eigenvalue weighted by molar-refractivity contribution is 6.67. The number of unbranched alkanes of at least 4 members (excludes halogenated alkanes) is 1. The normalized spacial score (nSPS) is 15.7. The monoisotopic (exact) mass is 333 g/mol. The van der Waals surface area contributed by atoms with Gasteiger partial charge < -0.3 is 8.85 Å². The molecule has 0 aliphatic rings. The highest BCUT2D eigenvalue weighted by atomic mass is 28.4. The van der Waals surface area contributed by atoms with Gasteiger partial charge in [0.05, 0.1) is 8.80 Å². The van der Waals surface area contributed by atoms with Crippen LogP contribution >= 0.6 is 0 Å². The summed E-state index contributed by atoms with van der Waals surface area (Å²) < 4.78 is 11.9. The largest absolute Gasteiger partial charge is 0.398 e. The molecule has 0 aromatic heterocycles. The lowest BCUT2D eigenvalue weighted by molar-refractivity contribution is 0.132. The molecule has 0 spiro atoms. The van der Waals surface area contributed by atoms with Gasteiger partial charge in [-0.25, -0.2) is 0 Å². The van der Waals surface area contributed by atoms with Gasteiger partial charge in [-0.2, -0.15) is 0 Å². The van der Waals surface area contributed by atoms with E-state index in [0.717, 1.165) is 18.8 Å². The molecule has 21 heavy (non-hydrogen) atoms. The quantitative estimate of drug-likeness (QED) is 0.533. The molecule has 0 aliphatic heterocycles. The van der Waals surface area contributed by atoms with Crippen LogP contribution in [0.1, 0.15) is 47.0 Å². The Kier molecular flexibility index (Phi) is 10.3. The van der Waals surface area contributed by atoms with E-state index in [4.69, 9.17) is 8.85 Å². The van der Waals surface area contributed by atoms with Gasteiger partial charge in [0.15, 0.2) is 0 Å². The van der Waals surface area contributed by atoms with E-state index in [0.29, 0.717) is 0 Å². The fourth-order valence-corrected chi connectivity index (χ4v) is 6.31. The summed E-state index contributed by atoms with van der Waals surface area (Å²) in [6.07, 6.45) is 4.68. The number of hydrogen-bond acceptors (Lipinski definition) is 3. The maximum Gasteiger partial charge on any atom is 0.334 e. The van der Waals surface area contributed by atoms with Crippen molar-refractivity contribution in [1.29, 1.82) is 0 Å². The summed E-state index contributed by atoms with van der Waals surface area (Å²) in [6, 6.07) is 1.10. The van der Waals surface area contributed by atoms with Crippen LogP contribution in [0.5, 0.6) is 0 Å². The first kappa shape index (κ1) is 21.3. The van der Waals surface area contributed by atoms with Gasteiger partial charge in [0, 0.05) is 18.9 Å². The van der Waals surface area contributed by atoms with E-state index in [1.807, 2.05) is 7.11 Å². The van der Waals surface area contributed by atoms with Crippen molar-refractivity contribution >= 4 is 17.4 Å². The third kappa shape index (κ3) is 9.84. The van der Waals surface area contributed by atoms with Crippen molar-refractivity contribution in [1.82, 2.24) is 4.90 Å². The van der Waals surface area contributed by atoms with Gasteiger partial charge in [-0.15, -0.1) is 0 Å². The van der Waals surface area contributed by atoms with Crippen LogP contribution < -0.4 is 0 Å². The second-order valence-electron chi connectivity index (χ2n) is 7.66. The highest BCUT2D eigenvalue weighted by Crippen LogP contribution is 2.19. The third-order valence-corrected chi connectivity index (χ3v) is 8.01. The van der Waals surface area contributed by atoms with Gasteiger partial charge in [-0.1, -0.05) is 26.4 Å². The topological polar surface area (TPSA) is 21.7 Å². The molecule has 0 radical (unpaired) electrons. The van der Waals surface area contributed by atoms with Crippen LogP contribution in [0.25, 0.3) is 0 Å². The zero-order valence-electron chi connectivity index (χ0n) is 15.8. The molecule has 0 N–H and O–H groups in total. The molecule has 0 saturated heterocycles. The predicted molar refractivity (Wildman–Crippen MR) is 99.1 cm³/mol. The smallest absolute Gasteiger partial charge is 0.334 e. The van der Waals surface area contributed by atoms with Crippen molar-refractivity contribution in [3.63, 3.8) is 0 Å². The van der Waals surface area contributed by atoms with Crippen LogP contribution in [0.15, 0.2) is 0 Å². The minimum absolute atomic E-state index is 0.256. The van der Waals surface area contributed by atoms with Gasteiger partial charge in [0.1, 0.15) is 0 Å². The molecule has 0 heterocycles. The van der Waals surface area contributed by atoms with Crippen molar-refractivity contribution in [3.8, 4) is 0 Å². The summed E-state index contributed by atoms with van der Waals surface area (Å²) in [5.41, 5.74) is 0.256. The minimum Gasteiger partial charge on any atom is -0.398 e. The summed E-state index contributed by atoms with van der Waals surface area (Å²) in [7, 11) is -0.768. The van der Waals surface area contributed by atoms with Crippen LogP contribution in [0.3, 0.4) is 0 Å². The lowest BCUT2D eigenvalue weighted by Gasteiger charge is -2.36. The molecule has 1 unspecified atom stereocenters. The van der Waals surface area contributed by atoms with Gasteiger partial charge in [-0.05, 0) is 59.3 Å². The van der Waals surface area contributed by atoms with Crippen molar-refractivity contribution in [2.75, 3.05) is 26.4 Å². The van der Waals surface area contributed by atoms with E-state index in [1.54, 1.807) is 0 Å². The van der Waals surface area contributed by atoms with Crippen LogP contribution in [0.4, 0.5) is 0 Å². The van der Waals surface area contributed by atoms with E-state index >= 15 is 0 Å². The van der Waals surface area contributed by atoms with Gasteiger partial charge in [0.25, 0.3) is 0 Å². The summed E-state index contributed by atoms with van der Waals surface area (Å²) in [4.78, 5) is 2.61. The first-order valence-corrected chi connectivity index (χ1v) is 14.2. The van der Waals surface area contributed by atoms with Gasteiger partial charge in [-0.3, -0.25) is 4.90 Å². The van der Waals surface area contributed by atoms with Gasteiger partial charge >= 0.3 is 8.56 Å². The Balaban J connectivity index is 4.32. The van der Waals surface area contributed by atoms with E-state index < -0.39 is 17.4 Å². The molecule has 0 rings (SSSR count). The van der Waals surface area contributed by atoms with E-state index in [2.05, 4.69) is 52.2 Å². The summed E-state index contributed by atoms with van der Waals surface area (Å²) in [6.45, 7) is 18.4. The predicted octanol–water partition coefficient (Wildman–Crippen LogP) is 4.04. The minimum atomic E-state index is -1.94. The molecule has 0 aromatic carbocycles. The van der Waals surface area contributed by atoms with Crippen molar-refractivity contribution in [3.05, 3.63) is 0 Å². The van der Waals surface area contributed by atoms with Gasteiger partial charge in [0.2, 0.25) is 0 Å². The summed E-state index contributed by atoms with van der Waals surface area (Å²) >= 11 is 0. The number of rotatable bonds is 11. The lowest BCUT2D eigenvalue weighted by Crippen LogP contribution is -2.44. The first-order chi connectivity index (χ1) is 9.64. The number of hydrogen-bond donors (Lipinski definition) is 0. The number of nitrogens with zero attached hydrogens (tertiary/aromatic N) is 1. The molecule has 1 atom stereocenters. The Morgan fingerprint density at radius 2 is 1.67 bits per heavy atom. The Labute approximate surface area is 136 Å². The first-order valence-electron chi connectivity index (χ1n) is 8.58. The SMILES string of the molecule is CCCCN(CCC[Si](C)(OC)OC[SiH](C)C)C(C)(C)C. The van der Waals surface area contributed by atoms with E-state index in [1.165, 1.54) is 25.8 Å². The zero-order chi connectivity index (χ0) is 16.5. The molecule has 0 bridgehead atoms. The Bertz CT molecular complexity index is 269. The Hall–Kier alpha value is 0.314. The van der Waals surface area contributed by atoms with Crippen molar-refractivity contribution in [2.45, 2.75) is 78.2 Å². The van der Waals surface area contributed by atoms with E-state index in [-0.39, 0.29) is 5.54 Å². The standard InChI is InChI=1S/C16H39NO2Si2/c1-9-10-12-17(16(2,3)4)13-11-14-21(8,18-5)19-15-20(6)7/h20H,9-15H2,1-8H3. The fourth-order valence-electron chi connectivity index (χ4n) is 2.30. The van der Waals surface area contributed by atoms with Crippen molar-refractivity contribution < 1.29 is 8.85 Å².